The highest BCUT2D eigenvalue weighted by Crippen LogP contribution is 2.31. The van der Waals surface area contributed by atoms with Gasteiger partial charge in [-0.1, -0.05) is 64.0 Å². The molecule has 1 aliphatic rings. The lowest BCUT2D eigenvalue weighted by molar-refractivity contribution is 0.304. The van der Waals surface area contributed by atoms with Crippen LogP contribution in [0.2, 0.25) is 0 Å². The molecule has 1 saturated carbocycles. The van der Waals surface area contributed by atoms with Crippen molar-refractivity contribution in [2.75, 3.05) is 6.61 Å². The summed E-state index contributed by atoms with van der Waals surface area (Å²) in [5.41, 5.74) is 2.23. The van der Waals surface area contributed by atoms with Gasteiger partial charge in [-0.25, -0.2) is 9.97 Å². The van der Waals surface area contributed by atoms with E-state index in [9.17, 15) is 0 Å². The zero-order chi connectivity index (χ0) is 18.0. The first-order chi connectivity index (χ1) is 12.9. The molecule has 0 aliphatic heterocycles. The van der Waals surface area contributed by atoms with Gasteiger partial charge < -0.3 is 4.74 Å². The minimum Gasteiger partial charge on any atom is -0.494 e. The van der Waals surface area contributed by atoms with Crippen molar-refractivity contribution in [3.8, 4) is 16.9 Å². The Hall–Kier alpha value is -1.90. The second-order valence-electron chi connectivity index (χ2n) is 7.45. The van der Waals surface area contributed by atoms with Crippen LogP contribution in [0, 0.1) is 0 Å². The molecule has 0 saturated heterocycles. The Balaban J connectivity index is 1.50. The van der Waals surface area contributed by atoms with Crippen LogP contribution < -0.4 is 4.74 Å². The molecule has 140 valence electrons. The van der Waals surface area contributed by atoms with Crippen LogP contribution in [0.1, 0.15) is 82.9 Å². The molecule has 3 heteroatoms. The third-order valence-electron chi connectivity index (χ3n) is 5.35. The Kier molecular flexibility index (Phi) is 7.48. The van der Waals surface area contributed by atoms with Gasteiger partial charge in [0.25, 0.3) is 0 Å². The van der Waals surface area contributed by atoms with E-state index in [2.05, 4.69) is 41.2 Å². The zero-order valence-electron chi connectivity index (χ0n) is 16.1. The maximum Gasteiger partial charge on any atom is 0.131 e. The van der Waals surface area contributed by atoms with E-state index < -0.39 is 0 Å². The molecule has 0 unspecified atom stereocenters. The molecule has 3 nitrogen and oxygen atoms in total. The average Bonchev–Trinajstić information content (AvgIpc) is 2.72. The second-order valence-corrected chi connectivity index (χ2v) is 7.45. The molecule has 0 bridgehead atoms. The molecule has 1 aliphatic carbocycles. The Bertz CT molecular complexity index is 630. The highest BCUT2D eigenvalue weighted by molar-refractivity contribution is 5.62. The summed E-state index contributed by atoms with van der Waals surface area (Å²) in [6, 6.07) is 8.31. The molecule has 26 heavy (non-hydrogen) atoms. The van der Waals surface area contributed by atoms with Gasteiger partial charge in [0.15, 0.2) is 0 Å². The van der Waals surface area contributed by atoms with Crippen molar-refractivity contribution in [3.63, 3.8) is 0 Å². The third kappa shape index (κ3) is 5.55. The molecule has 0 amide bonds. The summed E-state index contributed by atoms with van der Waals surface area (Å²) in [5.74, 6) is 2.53. The normalized spacial score (nSPS) is 15.1. The summed E-state index contributed by atoms with van der Waals surface area (Å²) in [5, 5.41) is 0. The molecule has 1 heterocycles. The van der Waals surface area contributed by atoms with Crippen LogP contribution in [-0.2, 0) is 0 Å². The number of unbranched alkanes of at least 4 members (excludes halogenated alkanes) is 4. The van der Waals surface area contributed by atoms with Crippen LogP contribution in [-0.4, -0.2) is 16.6 Å². The number of ether oxygens (including phenoxy) is 1. The van der Waals surface area contributed by atoms with Gasteiger partial charge in [0, 0.05) is 23.9 Å². The SMILES string of the molecule is CCCCCCCOc1ccc(-c2cnc(C3CCCCC3)nc2)cc1. The summed E-state index contributed by atoms with van der Waals surface area (Å²) < 4.78 is 5.84. The van der Waals surface area contributed by atoms with E-state index in [1.807, 2.05) is 12.4 Å². The fourth-order valence-corrected chi connectivity index (χ4v) is 3.70. The van der Waals surface area contributed by atoms with Crippen molar-refractivity contribution in [3.05, 3.63) is 42.5 Å². The number of hydrogen-bond acceptors (Lipinski definition) is 3. The van der Waals surface area contributed by atoms with E-state index >= 15 is 0 Å². The number of benzene rings is 1. The summed E-state index contributed by atoms with van der Waals surface area (Å²) in [4.78, 5) is 9.29. The Labute approximate surface area is 158 Å². The molecule has 0 radical (unpaired) electrons. The van der Waals surface area contributed by atoms with E-state index in [-0.39, 0.29) is 0 Å². The summed E-state index contributed by atoms with van der Waals surface area (Å²) in [7, 11) is 0. The Morgan fingerprint density at radius 2 is 1.54 bits per heavy atom. The lowest BCUT2D eigenvalue weighted by atomic mass is 9.88. The first-order valence-corrected chi connectivity index (χ1v) is 10.4. The van der Waals surface area contributed by atoms with Gasteiger partial charge in [-0.2, -0.15) is 0 Å². The van der Waals surface area contributed by atoms with Crippen LogP contribution >= 0.6 is 0 Å². The van der Waals surface area contributed by atoms with Crippen molar-refractivity contribution < 1.29 is 4.74 Å². The lowest BCUT2D eigenvalue weighted by Gasteiger charge is -2.20. The van der Waals surface area contributed by atoms with Gasteiger partial charge in [0.1, 0.15) is 11.6 Å². The van der Waals surface area contributed by atoms with Gasteiger partial charge in [0.05, 0.1) is 6.61 Å². The van der Waals surface area contributed by atoms with Crippen LogP contribution in [0.3, 0.4) is 0 Å². The fraction of sp³-hybridized carbons (Fsp3) is 0.565. The summed E-state index contributed by atoms with van der Waals surface area (Å²) in [6.07, 6.45) is 16.7. The Morgan fingerprint density at radius 1 is 0.846 bits per heavy atom. The molecule has 1 aromatic heterocycles. The van der Waals surface area contributed by atoms with E-state index in [4.69, 9.17) is 4.74 Å². The van der Waals surface area contributed by atoms with Gasteiger partial charge in [-0.3, -0.25) is 0 Å². The van der Waals surface area contributed by atoms with Gasteiger partial charge in [0.2, 0.25) is 0 Å². The van der Waals surface area contributed by atoms with Gasteiger partial charge >= 0.3 is 0 Å². The standard InChI is InChI=1S/C23H32N2O/c1-2-3-4-5-9-16-26-22-14-12-19(13-15-22)21-17-24-23(25-18-21)20-10-7-6-8-11-20/h12-15,17-18,20H,2-11,16H2,1H3. The van der Waals surface area contributed by atoms with Gasteiger partial charge in [-0.15, -0.1) is 0 Å². The minimum atomic E-state index is 0.561. The van der Waals surface area contributed by atoms with Crippen molar-refractivity contribution in [2.24, 2.45) is 0 Å². The van der Waals surface area contributed by atoms with E-state index in [0.29, 0.717) is 5.92 Å². The molecule has 0 spiro atoms. The molecule has 3 rings (SSSR count). The highest BCUT2D eigenvalue weighted by Gasteiger charge is 2.17. The zero-order valence-corrected chi connectivity index (χ0v) is 16.1. The van der Waals surface area contributed by atoms with Crippen molar-refractivity contribution in [1.82, 2.24) is 9.97 Å². The predicted octanol–water partition coefficient (Wildman–Crippen LogP) is 6.54. The minimum absolute atomic E-state index is 0.561. The molecule has 1 fully saturated rings. The third-order valence-corrected chi connectivity index (χ3v) is 5.35. The number of nitrogens with zero attached hydrogens (tertiary/aromatic N) is 2. The van der Waals surface area contributed by atoms with Crippen LogP contribution in [0.25, 0.3) is 11.1 Å². The highest BCUT2D eigenvalue weighted by atomic mass is 16.5. The number of rotatable bonds is 9. The Morgan fingerprint density at radius 3 is 2.23 bits per heavy atom. The quantitative estimate of drug-likeness (QED) is 0.481. The van der Waals surface area contributed by atoms with Crippen molar-refractivity contribution in [1.29, 1.82) is 0 Å². The largest absolute Gasteiger partial charge is 0.494 e. The van der Waals surface area contributed by atoms with E-state index in [1.54, 1.807) is 0 Å². The summed E-state index contributed by atoms with van der Waals surface area (Å²) >= 11 is 0. The average molecular weight is 353 g/mol. The molecular formula is C23H32N2O. The smallest absolute Gasteiger partial charge is 0.131 e. The van der Waals surface area contributed by atoms with Crippen molar-refractivity contribution >= 4 is 0 Å². The maximum atomic E-state index is 5.84. The predicted molar refractivity (Wildman–Crippen MR) is 108 cm³/mol. The molecule has 0 N–H and O–H groups in total. The second kappa shape index (κ2) is 10.3. The van der Waals surface area contributed by atoms with Crippen molar-refractivity contribution in [2.45, 2.75) is 77.0 Å². The first kappa shape index (κ1) is 18.9. The van der Waals surface area contributed by atoms with Crippen LogP contribution in [0.5, 0.6) is 5.75 Å². The van der Waals surface area contributed by atoms with Crippen LogP contribution in [0.15, 0.2) is 36.7 Å². The number of aromatic nitrogens is 2. The summed E-state index contributed by atoms with van der Waals surface area (Å²) in [6.45, 7) is 3.05. The lowest BCUT2D eigenvalue weighted by Crippen LogP contribution is -2.08. The van der Waals surface area contributed by atoms with E-state index in [0.717, 1.165) is 35.7 Å². The van der Waals surface area contributed by atoms with E-state index in [1.165, 1.54) is 57.8 Å². The maximum absolute atomic E-state index is 5.84. The monoisotopic (exact) mass is 352 g/mol. The number of hydrogen-bond donors (Lipinski definition) is 0. The van der Waals surface area contributed by atoms with Gasteiger partial charge in [-0.05, 0) is 37.0 Å². The first-order valence-electron chi connectivity index (χ1n) is 10.4. The molecule has 2 aromatic rings. The fourth-order valence-electron chi connectivity index (χ4n) is 3.70. The topological polar surface area (TPSA) is 35.0 Å². The van der Waals surface area contributed by atoms with Crippen LogP contribution in [0.4, 0.5) is 0 Å². The molecular weight excluding hydrogens is 320 g/mol. The molecule has 1 aromatic carbocycles. The molecule has 0 atom stereocenters.